The van der Waals surface area contributed by atoms with Crippen LogP contribution in [0.25, 0.3) is 11.0 Å². The number of carboxylic acid groups (broad SMARTS) is 1. The number of benzene rings is 1. The van der Waals surface area contributed by atoms with E-state index in [-0.39, 0.29) is 25.4 Å². The molecule has 3 heterocycles. The minimum absolute atomic E-state index is 0.116. The van der Waals surface area contributed by atoms with Gasteiger partial charge in [0.1, 0.15) is 16.9 Å². The van der Waals surface area contributed by atoms with Gasteiger partial charge in [0.25, 0.3) is 5.91 Å². The predicted octanol–water partition coefficient (Wildman–Crippen LogP) is 2.64. The molecule has 3 aliphatic rings. The number of nitrogens with zero attached hydrogens (tertiary/aromatic N) is 1. The van der Waals surface area contributed by atoms with Crippen molar-refractivity contribution in [2.75, 3.05) is 13.7 Å². The quantitative estimate of drug-likeness (QED) is 0.923. The number of furan rings is 1. The molecule has 1 N–H and O–H groups in total. The van der Waals surface area contributed by atoms with Crippen molar-refractivity contribution in [3.05, 3.63) is 35.1 Å². The van der Waals surface area contributed by atoms with Crippen molar-refractivity contribution >= 4 is 22.8 Å². The number of carbonyl (C=O) groups excluding carboxylic acids is 1. The molecule has 2 bridgehead atoms. The van der Waals surface area contributed by atoms with E-state index in [4.69, 9.17) is 9.15 Å². The largest absolute Gasteiger partial charge is 0.481 e. The van der Waals surface area contributed by atoms with Crippen molar-refractivity contribution in [3.63, 3.8) is 0 Å². The third kappa shape index (κ3) is 2.13. The van der Waals surface area contributed by atoms with Crippen molar-refractivity contribution in [1.29, 1.82) is 0 Å². The summed E-state index contributed by atoms with van der Waals surface area (Å²) in [6, 6.07) is 6.00. The van der Waals surface area contributed by atoms with Crippen LogP contribution in [0, 0.1) is 19.3 Å². The van der Waals surface area contributed by atoms with Gasteiger partial charge in [0.2, 0.25) is 0 Å². The fourth-order valence-electron chi connectivity index (χ4n) is 4.17. The number of hydrogen-bond acceptors (Lipinski definition) is 4. The molecular weight excluding hydrogens is 322 g/mol. The first-order valence-electron chi connectivity index (χ1n) is 8.39. The molecule has 1 aliphatic carbocycles. The number of amides is 1. The molecule has 6 heteroatoms. The van der Waals surface area contributed by atoms with E-state index in [9.17, 15) is 14.7 Å². The topological polar surface area (TPSA) is 80.0 Å². The van der Waals surface area contributed by atoms with Crippen LogP contribution in [0.5, 0.6) is 0 Å². The van der Waals surface area contributed by atoms with Crippen LogP contribution in [-0.4, -0.2) is 41.1 Å². The molecule has 2 aromatic rings. The Labute approximate surface area is 145 Å². The lowest BCUT2D eigenvalue weighted by molar-refractivity contribution is -0.164. The Bertz CT molecular complexity index is 891. The first kappa shape index (κ1) is 16.1. The van der Waals surface area contributed by atoms with Gasteiger partial charge in [0.05, 0.1) is 18.6 Å². The Hall–Kier alpha value is -2.34. The molecule has 0 unspecified atom stereocenters. The van der Waals surface area contributed by atoms with Gasteiger partial charge in [-0.05, 0) is 19.4 Å². The Morgan fingerprint density at radius 1 is 1.28 bits per heavy atom. The van der Waals surface area contributed by atoms with Gasteiger partial charge in [-0.1, -0.05) is 18.2 Å². The highest BCUT2D eigenvalue weighted by Crippen LogP contribution is 2.58. The van der Waals surface area contributed by atoms with Gasteiger partial charge in [-0.2, -0.15) is 0 Å². The molecule has 0 atom stereocenters. The first-order valence-corrected chi connectivity index (χ1v) is 8.39. The smallest absolute Gasteiger partial charge is 0.312 e. The second-order valence-corrected chi connectivity index (χ2v) is 7.49. The highest BCUT2D eigenvalue weighted by Gasteiger charge is 2.70. The average molecular weight is 343 g/mol. The van der Waals surface area contributed by atoms with Crippen molar-refractivity contribution in [2.45, 2.75) is 38.8 Å². The van der Waals surface area contributed by atoms with E-state index in [0.717, 1.165) is 27.9 Å². The van der Waals surface area contributed by atoms with E-state index in [0.29, 0.717) is 6.54 Å². The maximum atomic E-state index is 12.8. The van der Waals surface area contributed by atoms with Gasteiger partial charge in [0, 0.05) is 30.8 Å². The summed E-state index contributed by atoms with van der Waals surface area (Å²) in [4.78, 5) is 25.8. The zero-order valence-corrected chi connectivity index (χ0v) is 14.6. The third-order valence-electron chi connectivity index (χ3n) is 5.70. The van der Waals surface area contributed by atoms with Gasteiger partial charge in [-0.25, -0.2) is 0 Å². The molecule has 25 heavy (non-hydrogen) atoms. The summed E-state index contributed by atoms with van der Waals surface area (Å²) in [5, 5.41) is 10.4. The number of rotatable bonds is 4. The minimum atomic E-state index is -0.969. The summed E-state index contributed by atoms with van der Waals surface area (Å²) in [5.41, 5.74) is 1.09. The predicted molar refractivity (Wildman–Crippen MR) is 90.1 cm³/mol. The van der Waals surface area contributed by atoms with Crippen molar-refractivity contribution in [2.24, 2.45) is 5.41 Å². The maximum absolute atomic E-state index is 12.8. The molecule has 0 radical (unpaired) electrons. The fourth-order valence-corrected chi connectivity index (χ4v) is 4.17. The average Bonchev–Trinajstić information content (AvgIpc) is 3.20. The first-order chi connectivity index (χ1) is 11.8. The zero-order chi connectivity index (χ0) is 18.0. The second kappa shape index (κ2) is 5.08. The number of carbonyl (C=O) groups is 2. The van der Waals surface area contributed by atoms with Crippen LogP contribution in [0.1, 0.15) is 29.7 Å². The van der Waals surface area contributed by atoms with Crippen LogP contribution in [0.15, 0.2) is 22.6 Å². The van der Waals surface area contributed by atoms with E-state index < -0.39 is 17.0 Å². The van der Waals surface area contributed by atoms with Crippen LogP contribution < -0.4 is 0 Å². The molecule has 132 valence electrons. The molecule has 2 saturated heterocycles. The summed E-state index contributed by atoms with van der Waals surface area (Å²) in [7, 11) is 1.71. The number of carboxylic acids is 1. The Morgan fingerprint density at radius 2 is 2.00 bits per heavy atom. The van der Waals surface area contributed by atoms with Gasteiger partial charge < -0.3 is 19.2 Å². The molecule has 1 amide bonds. The summed E-state index contributed by atoms with van der Waals surface area (Å²) < 4.78 is 11.6. The monoisotopic (exact) mass is 343 g/mol. The van der Waals surface area contributed by atoms with Crippen LogP contribution in [0.3, 0.4) is 0 Å². The summed E-state index contributed by atoms with van der Waals surface area (Å²) in [6.45, 7) is 4.44. The molecule has 2 aliphatic heterocycles. The lowest BCUT2D eigenvalue weighted by atomic mass is 9.62. The van der Waals surface area contributed by atoms with Gasteiger partial charge >= 0.3 is 5.97 Å². The molecule has 1 aromatic carbocycles. The molecule has 0 spiro atoms. The molecule has 3 fully saturated rings. The van der Waals surface area contributed by atoms with Crippen molar-refractivity contribution in [1.82, 2.24) is 4.90 Å². The number of aliphatic carboxylic acids is 1. The normalized spacial score (nSPS) is 27.3. The number of aryl methyl sites for hydroxylation is 2. The van der Waals surface area contributed by atoms with Crippen molar-refractivity contribution in [3.8, 4) is 0 Å². The number of fused-ring (bicyclic) bond motifs is 2. The highest BCUT2D eigenvalue weighted by atomic mass is 16.5. The van der Waals surface area contributed by atoms with Crippen molar-refractivity contribution < 1.29 is 23.8 Å². The number of ether oxygens (including phenoxy) is 1. The van der Waals surface area contributed by atoms with E-state index in [2.05, 4.69) is 0 Å². The van der Waals surface area contributed by atoms with Gasteiger partial charge in [-0.3, -0.25) is 9.59 Å². The van der Waals surface area contributed by atoms with Crippen LogP contribution in [0.2, 0.25) is 0 Å². The zero-order valence-electron chi connectivity index (χ0n) is 14.6. The Morgan fingerprint density at radius 3 is 2.60 bits per heavy atom. The molecule has 5 rings (SSSR count). The maximum Gasteiger partial charge on any atom is 0.312 e. The summed E-state index contributed by atoms with van der Waals surface area (Å²) >= 11 is 0. The lowest BCUT2D eigenvalue weighted by Crippen LogP contribution is -2.57. The molecule has 1 aromatic heterocycles. The van der Waals surface area contributed by atoms with Crippen LogP contribution in [-0.2, 0) is 20.9 Å². The Kier molecular flexibility index (Phi) is 3.28. The highest BCUT2D eigenvalue weighted by molar-refractivity contribution is 5.92. The third-order valence-corrected chi connectivity index (χ3v) is 5.70. The number of hydrogen-bond donors (Lipinski definition) is 1. The molecule has 6 nitrogen and oxygen atoms in total. The standard InChI is InChI=1S/C19H21NO5/c1-11-5-4-6-13-12(2)14(25-15(11)13)7-20(3)16(21)19-8-18(9-19,10-24-19)17(22)23/h4-6H,7-10H2,1-3H3,(H,22,23). The second-order valence-electron chi connectivity index (χ2n) is 7.49. The number of likely N-dealkylation sites (N-methyl/N-ethyl adjacent to an activating group) is 1. The van der Waals surface area contributed by atoms with E-state index in [1.54, 1.807) is 11.9 Å². The van der Waals surface area contributed by atoms with Gasteiger partial charge in [0.15, 0.2) is 0 Å². The lowest BCUT2D eigenvalue weighted by Gasteiger charge is -2.42. The Balaban J connectivity index is 1.55. The summed E-state index contributed by atoms with van der Waals surface area (Å²) in [5.74, 6) is -0.295. The number of para-hydroxylation sites is 1. The van der Waals surface area contributed by atoms with Gasteiger partial charge in [-0.15, -0.1) is 0 Å². The summed E-state index contributed by atoms with van der Waals surface area (Å²) in [6.07, 6.45) is 0.521. The fraction of sp³-hybridized carbons (Fsp3) is 0.474. The minimum Gasteiger partial charge on any atom is -0.481 e. The van der Waals surface area contributed by atoms with Crippen LogP contribution in [0.4, 0.5) is 0 Å². The molecule has 1 saturated carbocycles. The molecular formula is C19H21NO5. The van der Waals surface area contributed by atoms with E-state index in [1.165, 1.54) is 0 Å². The van der Waals surface area contributed by atoms with E-state index in [1.807, 2.05) is 32.0 Å². The van der Waals surface area contributed by atoms with Crippen LogP contribution >= 0.6 is 0 Å². The van der Waals surface area contributed by atoms with E-state index >= 15 is 0 Å². The SMILES string of the molecule is Cc1c(CN(C)C(=O)C23CC(C(=O)O)(CO2)C3)oc2c(C)cccc12.